The maximum absolute atomic E-state index is 13.6. The molecule has 0 aliphatic heterocycles. The highest BCUT2D eigenvalue weighted by molar-refractivity contribution is 5.62. The van der Waals surface area contributed by atoms with Crippen LogP contribution in [0.5, 0.6) is 0 Å². The molecule has 2 heteroatoms. The number of hydrogen-bond acceptors (Lipinski definition) is 0. The average Bonchev–Trinajstić information content (AvgIpc) is 2.37. The first-order chi connectivity index (χ1) is 8.04. The molecule has 0 aromatic heterocycles. The lowest BCUT2D eigenvalue weighted by Gasteiger charge is -2.21. The molecule has 1 aromatic carbocycles. The predicted octanol–water partition coefficient (Wildman–Crippen LogP) is 4.62. The normalized spacial score (nSPS) is 17.9. The summed E-state index contributed by atoms with van der Waals surface area (Å²) < 4.78 is 27.2. The molecule has 17 heavy (non-hydrogen) atoms. The van der Waals surface area contributed by atoms with Crippen molar-refractivity contribution in [2.45, 2.75) is 32.6 Å². The van der Waals surface area contributed by atoms with Crippen LogP contribution in [-0.2, 0) is 6.42 Å². The third-order valence-corrected chi connectivity index (χ3v) is 3.37. The molecule has 0 radical (unpaired) electrons. The van der Waals surface area contributed by atoms with Crippen molar-refractivity contribution in [1.29, 1.82) is 0 Å². The fourth-order valence-electron chi connectivity index (χ4n) is 2.07. The maximum atomic E-state index is 13.6. The van der Waals surface area contributed by atoms with E-state index in [1.54, 1.807) is 0 Å². The second-order valence-corrected chi connectivity index (χ2v) is 4.42. The molecule has 1 aliphatic rings. The Balaban J connectivity index is 2.38. The third kappa shape index (κ3) is 2.31. The Hall–Kier alpha value is -1.44. The van der Waals surface area contributed by atoms with Crippen LogP contribution in [0.25, 0.3) is 6.08 Å². The molecule has 0 nitrogen and oxygen atoms in total. The van der Waals surface area contributed by atoms with Gasteiger partial charge in [-0.2, -0.15) is 0 Å². The van der Waals surface area contributed by atoms with Crippen LogP contribution in [0.2, 0.25) is 0 Å². The van der Waals surface area contributed by atoms with Crippen molar-refractivity contribution in [3.05, 3.63) is 52.6 Å². The van der Waals surface area contributed by atoms with E-state index in [9.17, 15) is 8.78 Å². The van der Waals surface area contributed by atoms with Crippen molar-refractivity contribution < 1.29 is 8.78 Å². The minimum absolute atomic E-state index is 0.141. The number of halogens is 2. The summed E-state index contributed by atoms with van der Waals surface area (Å²) in [7, 11) is 0. The molecule has 0 heterocycles. The molecule has 0 saturated carbocycles. The smallest absolute Gasteiger partial charge is 0.202 e. The highest BCUT2D eigenvalue weighted by Gasteiger charge is 2.30. The summed E-state index contributed by atoms with van der Waals surface area (Å²) in [5, 5.41) is 0. The van der Waals surface area contributed by atoms with Gasteiger partial charge in [-0.3, -0.25) is 0 Å². The Kier molecular flexibility index (Phi) is 3.14. The lowest BCUT2D eigenvalue weighted by molar-refractivity contribution is 0.0367. The number of allylic oxidation sites excluding steroid dienone is 3. The van der Waals surface area contributed by atoms with Crippen molar-refractivity contribution in [3.63, 3.8) is 0 Å². The van der Waals surface area contributed by atoms with E-state index in [0.29, 0.717) is 6.42 Å². The fourth-order valence-corrected chi connectivity index (χ4v) is 2.07. The van der Waals surface area contributed by atoms with Crippen LogP contribution >= 0.6 is 0 Å². The zero-order chi connectivity index (χ0) is 12.5. The minimum atomic E-state index is -2.69. The van der Waals surface area contributed by atoms with E-state index >= 15 is 0 Å². The second kappa shape index (κ2) is 4.44. The molecule has 0 bridgehead atoms. The zero-order valence-electron chi connectivity index (χ0n) is 10.1. The van der Waals surface area contributed by atoms with Gasteiger partial charge in [-0.25, -0.2) is 8.78 Å². The van der Waals surface area contributed by atoms with Crippen molar-refractivity contribution in [3.8, 4) is 0 Å². The SMILES string of the molecule is CCC(F)(F)C(C)=C1C=Cc2ccccc2C1. The first-order valence-corrected chi connectivity index (χ1v) is 5.88. The fraction of sp³-hybridized carbons (Fsp3) is 0.333. The Morgan fingerprint density at radius 3 is 2.65 bits per heavy atom. The molecular weight excluding hydrogens is 218 g/mol. The largest absolute Gasteiger partial charge is 0.269 e. The molecule has 0 fully saturated rings. The molecule has 90 valence electrons. The Morgan fingerprint density at radius 1 is 1.24 bits per heavy atom. The van der Waals surface area contributed by atoms with Crippen LogP contribution in [0.1, 0.15) is 31.4 Å². The summed E-state index contributed by atoms with van der Waals surface area (Å²) in [6.07, 6.45) is 4.20. The monoisotopic (exact) mass is 234 g/mol. The standard InChI is InChI=1S/C15H16F2/c1-3-15(16,17)11(2)13-9-8-12-6-4-5-7-14(12)10-13/h4-9H,3,10H2,1-2H3. The molecule has 0 spiro atoms. The zero-order valence-corrected chi connectivity index (χ0v) is 10.1. The van der Waals surface area contributed by atoms with Crippen LogP contribution in [-0.4, -0.2) is 5.92 Å². The topological polar surface area (TPSA) is 0 Å². The number of hydrogen-bond donors (Lipinski definition) is 0. The minimum Gasteiger partial charge on any atom is -0.202 e. The van der Waals surface area contributed by atoms with Crippen LogP contribution in [0.4, 0.5) is 8.78 Å². The number of benzene rings is 1. The average molecular weight is 234 g/mol. The Labute approximate surface area is 101 Å². The Morgan fingerprint density at radius 2 is 1.94 bits per heavy atom. The summed E-state index contributed by atoms with van der Waals surface area (Å²) in [4.78, 5) is 0. The maximum Gasteiger partial charge on any atom is 0.269 e. The van der Waals surface area contributed by atoms with E-state index in [1.165, 1.54) is 13.8 Å². The quantitative estimate of drug-likeness (QED) is 0.700. The first-order valence-electron chi connectivity index (χ1n) is 5.88. The van der Waals surface area contributed by atoms with Crippen molar-refractivity contribution >= 4 is 6.08 Å². The molecule has 0 unspecified atom stereocenters. The predicted molar refractivity (Wildman–Crippen MR) is 67.1 cm³/mol. The molecule has 0 atom stereocenters. The summed E-state index contributed by atoms with van der Waals surface area (Å²) in [5.41, 5.74) is 3.20. The van der Waals surface area contributed by atoms with Gasteiger partial charge in [0.05, 0.1) is 0 Å². The highest BCUT2D eigenvalue weighted by Crippen LogP contribution is 2.33. The molecule has 1 aliphatic carbocycles. The van der Waals surface area contributed by atoms with Crippen molar-refractivity contribution in [2.24, 2.45) is 0 Å². The lowest BCUT2D eigenvalue weighted by Crippen LogP contribution is -2.18. The lowest BCUT2D eigenvalue weighted by atomic mass is 9.89. The third-order valence-electron chi connectivity index (χ3n) is 3.37. The van der Waals surface area contributed by atoms with Gasteiger partial charge in [-0.1, -0.05) is 43.3 Å². The van der Waals surface area contributed by atoms with E-state index in [4.69, 9.17) is 0 Å². The van der Waals surface area contributed by atoms with E-state index in [2.05, 4.69) is 0 Å². The van der Waals surface area contributed by atoms with Crippen LogP contribution in [0.3, 0.4) is 0 Å². The van der Waals surface area contributed by atoms with Gasteiger partial charge in [0.25, 0.3) is 5.92 Å². The molecule has 0 N–H and O–H groups in total. The molecule has 1 aromatic rings. The number of alkyl halides is 2. The van der Waals surface area contributed by atoms with Gasteiger partial charge in [-0.15, -0.1) is 0 Å². The molecule has 0 saturated heterocycles. The summed E-state index contributed by atoms with van der Waals surface area (Å²) in [6, 6.07) is 7.92. The van der Waals surface area contributed by atoms with Crippen LogP contribution in [0.15, 0.2) is 41.5 Å². The number of fused-ring (bicyclic) bond motifs is 1. The molecular formula is C15H16F2. The van der Waals surface area contributed by atoms with Gasteiger partial charge in [0.2, 0.25) is 0 Å². The highest BCUT2D eigenvalue weighted by atomic mass is 19.3. The summed E-state index contributed by atoms with van der Waals surface area (Å²) in [5.74, 6) is -2.69. The van der Waals surface area contributed by atoms with Crippen molar-refractivity contribution in [2.75, 3.05) is 0 Å². The van der Waals surface area contributed by atoms with E-state index in [-0.39, 0.29) is 12.0 Å². The van der Waals surface area contributed by atoms with Crippen molar-refractivity contribution in [1.82, 2.24) is 0 Å². The molecule has 0 amide bonds. The van der Waals surface area contributed by atoms with E-state index in [1.807, 2.05) is 36.4 Å². The van der Waals surface area contributed by atoms with E-state index in [0.717, 1.165) is 16.7 Å². The summed E-state index contributed by atoms with van der Waals surface area (Å²) in [6.45, 7) is 3.06. The van der Waals surface area contributed by atoms with Gasteiger partial charge >= 0.3 is 0 Å². The van der Waals surface area contributed by atoms with E-state index < -0.39 is 5.92 Å². The van der Waals surface area contributed by atoms with Gasteiger partial charge in [0.1, 0.15) is 0 Å². The summed E-state index contributed by atoms with van der Waals surface area (Å²) >= 11 is 0. The number of rotatable bonds is 2. The first kappa shape index (κ1) is 12.0. The Bertz CT molecular complexity index is 481. The van der Waals surface area contributed by atoms with Crippen LogP contribution < -0.4 is 0 Å². The molecule has 2 rings (SSSR count). The van der Waals surface area contributed by atoms with Crippen LogP contribution in [0, 0.1) is 0 Å². The van der Waals surface area contributed by atoms with Gasteiger partial charge < -0.3 is 0 Å². The second-order valence-electron chi connectivity index (χ2n) is 4.42. The van der Waals surface area contributed by atoms with Gasteiger partial charge in [0.15, 0.2) is 0 Å². The van der Waals surface area contributed by atoms with Gasteiger partial charge in [0, 0.05) is 6.42 Å². The van der Waals surface area contributed by atoms with Gasteiger partial charge in [-0.05, 0) is 35.6 Å².